The van der Waals surface area contributed by atoms with Gasteiger partial charge in [0.05, 0.1) is 0 Å². The third kappa shape index (κ3) is 3.62. The number of hydrogen-bond acceptors (Lipinski definition) is 4. The first-order chi connectivity index (χ1) is 4.26. The van der Waals surface area contributed by atoms with Crippen molar-refractivity contribution >= 4 is 11.5 Å². The van der Waals surface area contributed by atoms with Crippen LogP contribution in [0.3, 0.4) is 0 Å². The maximum absolute atomic E-state index is 10.4. The van der Waals surface area contributed by atoms with Gasteiger partial charge in [0.1, 0.15) is 6.07 Å². The molecular formula is C5H5N2NaO2. The van der Waals surface area contributed by atoms with E-state index in [0.29, 0.717) is 0 Å². The Hall–Kier alpha value is -0.370. The van der Waals surface area contributed by atoms with Crippen LogP contribution < -0.4 is 29.6 Å². The molecule has 0 aromatic rings. The number of Topliss-reactive ketones (excluding diaryl/α,β-unsaturated/α-hetero) is 1. The third-order valence-electron chi connectivity index (χ3n) is 0.782. The van der Waals surface area contributed by atoms with Gasteiger partial charge in [-0.15, -0.1) is 0 Å². The number of carbonyl (C=O) groups excluding carboxylic acids is 1. The summed E-state index contributed by atoms with van der Waals surface area (Å²) in [6, 6.07) is 1.39. The van der Waals surface area contributed by atoms with Gasteiger partial charge in [-0.1, -0.05) is 6.92 Å². The summed E-state index contributed by atoms with van der Waals surface area (Å²) >= 11 is 0. The molecule has 0 aliphatic heterocycles. The molecule has 0 saturated heterocycles. The molecule has 5 heteroatoms. The molecule has 4 nitrogen and oxygen atoms in total. The number of carbonyl (C=O) groups is 1. The summed E-state index contributed by atoms with van der Waals surface area (Å²) in [4.78, 5) is 10.4. The molecule has 0 rings (SSSR count). The molecule has 0 radical (unpaired) electrons. The standard InChI is InChI=1S/C5H6N2O2.Na/c1-2-5(8)4(3-6)7-9;/h9H,2H2,1H3;/q;+1/p-1/b7-4+;. The van der Waals surface area contributed by atoms with Gasteiger partial charge in [0, 0.05) is 6.42 Å². The Labute approximate surface area is 80.8 Å². The van der Waals surface area contributed by atoms with Crippen molar-refractivity contribution < 1.29 is 34.4 Å². The maximum Gasteiger partial charge on any atom is 1.00 e. The van der Waals surface area contributed by atoms with Crippen LogP contribution in [0, 0.1) is 16.5 Å². The molecule has 0 aliphatic rings. The van der Waals surface area contributed by atoms with Crippen LogP contribution in [0.1, 0.15) is 13.3 Å². The van der Waals surface area contributed by atoms with Crippen LogP contribution in [0.15, 0.2) is 5.16 Å². The van der Waals surface area contributed by atoms with E-state index in [4.69, 9.17) is 5.26 Å². The van der Waals surface area contributed by atoms with E-state index in [-0.39, 0.29) is 36.0 Å². The SMILES string of the molecule is CCC(=O)/C(C#N)=N/[O-].[Na+]. The summed E-state index contributed by atoms with van der Waals surface area (Å²) in [7, 11) is 0. The van der Waals surface area contributed by atoms with Crippen molar-refractivity contribution in [2.24, 2.45) is 5.16 Å². The normalized spacial score (nSPS) is 9.40. The first-order valence-electron chi connectivity index (χ1n) is 2.39. The molecule has 0 fully saturated rings. The van der Waals surface area contributed by atoms with Crippen molar-refractivity contribution in [3.05, 3.63) is 5.21 Å². The quantitative estimate of drug-likeness (QED) is 0.245. The van der Waals surface area contributed by atoms with E-state index in [1.54, 1.807) is 6.92 Å². The Morgan fingerprint density at radius 3 is 2.40 bits per heavy atom. The summed E-state index contributed by atoms with van der Waals surface area (Å²) in [6.07, 6.45) is 0.147. The minimum atomic E-state index is -0.544. The van der Waals surface area contributed by atoms with Gasteiger partial charge in [0.15, 0.2) is 11.5 Å². The van der Waals surface area contributed by atoms with Gasteiger partial charge in [0.25, 0.3) is 0 Å². The fourth-order valence-electron chi connectivity index (χ4n) is 0.301. The Balaban J connectivity index is 0. The van der Waals surface area contributed by atoms with Gasteiger partial charge >= 0.3 is 29.6 Å². The van der Waals surface area contributed by atoms with Crippen LogP contribution in [0.4, 0.5) is 0 Å². The molecule has 0 bridgehead atoms. The molecule has 48 valence electrons. The molecule has 0 unspecified atom stereocenters. The average Bonchev–Trinajstić information content (AvgIpc) is 1.90. The minimum absolute atomic E-state index is 0. The maximum atomic E-state index is 10.4. The molecule has 0 aromatic heterocycles. The predicted molar refractivity (Wildman–Crippen MR) is 31.7 cm³/mol. The fraction of sp³-hybridized carbons (Fsp3) is 0.400. The smallest absolute Gasteiger partial charge is 0.791 e. The Morgan fingerprint density at radius 2 is 2.30 bits per heavy atom. The van der Waals surface area contributed by atoms with Crippen LogP contribution >= 0.6 is 0 Å². The van der Waals surface area contributed by atoms with E-state index in [1.807, 2.05) is 0 Å². The summed E-state index contributed by atoms with van der Waals surface area (Å²) in [5.41, 5.74) is -0.544. The van der Waals surface area contributed by atoms with E-state index >= 15 is 0 Å². The largest absolute Gasteiger partial charge is 1.00 e. The Kier molecular flexibility index (Phi) is 8.31. The number of rotatable bonds is 2. The number of hydrogen-bond donors (Lipinski definition) is 0. The van der Waals surface area contributed by atoms with Crippen LogP contribution in [0.2, 0.25) is 0 Å². The van der Waals surface area contributed by atoms with Crippen molar-refractivity contribution in [1.29, 1.82) is 5.26 Å². The summed E-state index contributed by atoms with van der Waals surface area (Å²) in [6.45, 7) is 1.56. The predicted octanol–water partition coefficient (Wildman–Crippen LogP) is -2.57. The zero-order valence-corrected chi connectivity index (χ0v) is 7.92. The van der Waals surface area contributed by atoms with Crippen LogP contribution in [0.5, 0.6) is 0 Å². The van der Waals surface area contributed by atoms with Gasteiger partial charge < -0.3 is 10.4 Å². The van der Waals surface area contributed by atoms with Crippen molar-refractivity contribution in [1.82, 2.24) is 0 Å². The minimum Gasteiger partial charge on any atom is -0.791 e. The molecule has 0 aromatic carbocycles. The van der Waals surface area contributed by atoms with E-state index in [2.05, 4.69) is 5.16 Å². The zero-order valence-electron chi connectivity index (χ0n) is 5.92. The monoisotopic (exact) mass is 148 g/mol. The van der Waals surface area contributed by atoms with Gasteiger partial charge in [-0.2, -0.15) is 5.26 Å². The molecule has 0 atom stereocenters. The number of nitriles is 1. The molecule has 0 amide bonds. The molecule has 0 saturated carbocycles. The molecule has 0 heterocycles. The van der Waals surface area contributed by atoms with Gasteiger partial charge in [-0.25, -0.2) is 0 Å². The zero-order chi connectivity index (χ0) is 7.28. The van der Waals surface area contributed by atoms with E-state index in [0.717, 1.165) is 0 Å². The van der Waals surface area contributed by atoms with Crippen molar-refractivity contribution in [3.8, 4) is 6.07 Å². The van der Waals surface area contributed by atoms with Gasteiger partial charge in [0.2, 0.25) is 0 Å². The van der Waals surface area contributed by atoms with Gasteiger partial charge in [-0.3, -0.25) is 4.79 Å². The second-order valence-electron chi connectivity index (χ2n) is 1.33. The molecule has 0 aliphatic carbocycles. The Morgan fingerprint density at radius 1 is 1.80 bits per heavy atom. The molecule has 0 spiro atoms. The number of nitrogens with zero attached hydrogens (tertiary/aromatic N) is 2. The fourth-order valence-corrected chi connectivity index (χ4v) is 0.301. The van der Waals surface area contributed by atoms with Crippen LogP contribution in [-0.4, -0.2) is 11.5 Å². The first-order valence-corrected chi connectivity index (χ1v) is 2.39. The second-order valence-corrected chi connectivity index (χ2v) is 1.33. The Bertz CT molecular complexity index is 183. The molecular weight excluding hydrogens is 143 g/mol. The molecule has 0 N–H and O–H groups in total. The summed E-state index contributed by atoms with van der Waals surface area (Å²) < 4.78 is 0. The van der Waals surface area contributed by atoms with Crippen LogP contribution in [0.25, 0.3) is 0 Å². The number of ketones is 1. The third-order valence-corrected chi connectivity index (χ3v) is 0.782. The average molecular weight is 148 g/mol. The van der Waals surface area contributed by atoms with Crippen molar-refractivity contribution in [2.75, 3.05) is 0 Å². The van der Waals surface area contributed by atoms with Crippen molar-refractivity contribution in [2.45, 2.75) is 13.3 Å². The van der Waals surface area contributed by atoms with Crippen LogP contribution in [-0.2, 0) is 4.79 Å². The van der Waals surface area contributed by atoms with E-state index in [1.165, 1.54) is 6.07 Å². The second kappa shape index (κ2) is 6.75. The van der Waals surface area contributed by atoms with Crippen molar-refractivity contribution in [3.63, 3.8) is 0 Å². The summed E-state index contributed by atoms with van der Waals surface area (Å²) in [5, 5.41) is 19.9. The summed E-state index contributed by atoms with van der Waals surface area (Å²) in [5.74, 6) is -0.507. The van der Waals surface area contributed by atoms with Gasteiger partial charge in [-0.05, 0) is 0 Å². The van der Waals surface area contributed by atoms with E-state index in [9.17, 15) is 10.0 Å². The van der Waals surface area contributed by atoms with E-state index < -0.39 is 11.5 Å². The first kappa shape index (κ1) is 12.3. The molecule has 10 heavy (non-hydrogen) atoms. The topological polar surface area (TPSA) is 76.3 Å².